The van der Waals surface area contributed by atoms with E-state index in [1.165, 1.54) is 0 Å². The van der Waals surface area contributed by atoms with Crippen LogP contribution in [0.5, 0.6) is 0 Å². The lowest BCUT2D eigenvalue weighted by Crippen LogP contribution is -2.29. The number of carbonyl (C=O) groups is 1. The van der Waals surface area contributed by atoms with Gasteiger partial charge >= 0.3 is 0 Å². The van der Waals surface area contributed by atoms with Crippen molar-refractivity contribution in [3.05, 3.63) is 47.0 Å². The predicted molar refractivity (Wildman–Crippen MR) is 84.7 cm³/mol. The van der Waals surface area contributed by atoms with Gasteiger partial charge in [-0.1, -0.05) is 0 Å². The number of anilines is 1. The highest BCUT2D eigenvalue weighted by Crippen LogP contribution is 2.13. The topological polar surface area (TPSA) is 59.0 Å². The van der Waals surface area contributed by atoms with Gasteiger partial charge < -0.3 is 15.2 Å². The first-order valence-electron chi connectivity index (χ1n) is 7.06. The molecule has 0 aliphatic carbocycles. The summed E-state index contributed by atoms with van der Waals surface area (Å²) in [5.74, 6) is -0.0237. The molecule has 2 N–H and O–H groups in total. The second kappa shape index (κ2) is 6.43. The summed E-state index contributed by atoms with van der Waals surface area (Å²) >= 11 is 0. The van der Waals surface area contributed by atoms with Crippen molar-refractivity contribution in [1.82, 2.24) is 14.9 Å². The number of rotatable bonds is 5. The van der Waals surface area contributed by atoms with E-state index in [4.69, 9.17) is 0 Å². The van der Waals surface area contributed by atoms with Crippen molar-refractivity contribution in [1.29, 1.82) is 0 Å². The largest absolute Gasteiger partial charge is 0.383 e. The number of hydrogen-bond donors (Lipinski definition) is 2. The van der Waals surface area contributed by atoms with E-state index < -0.39 is 0 Å². The molecular weight excluding hydrogens is 264 g/mol. The van der Waals surface area contributed by atoms with Crippen LogP contribution in [0.3, 0.4) is 0 Å². The van der Waals surface area contributed by atoms with E-state index in [9.17, 15) is 4.79 Å². The molecule has 0 atom stereocenters. The van der Waals surface area contributed by atoms with E-state index in [0.29, 0.717) is 13.1 Å². The summed E-state index contributed by atoms with van der Waals surface area (Å²) in [5, 5.41) is 6.23. The molecule has 2 rings (SSSR count). The van der Waals surface area contributed by atoms with E-state index in [0.717, 1.165) is 28.2 Å². The molecule has 5 heteroatoms. The van der Waals surface area contributed by atoms with Gasteiger partial charge in [-0.2, -0.15) is 0 Å². The fourth-order valence-electron chi connectivity index (χ4n) is 2.23. The molecule has 0 aromatic carbocycles. The zero-order valence-electron chi connectivity index (χ0n) is 13.0. The van der Waals surface area contributed by atoms with Crippen LogP contribution >= 0.6 is 0 Å². The Bertz CT molecular complexity index is 646. The van der Waals surface area contributed by atoms with E-state index >= 15 is 0 Å². The van der Waals surface area contributed by atoms with Crippen LogP contribution in [0.15, 0.2) is 24.5 Å². The molecule has 1 amide bonds. The fraction of sp³-hybridized carbons (Fsp3) is 0.375. The summed E-state index contributed by atoms with van der Waals surface area (Å²) in [6, 6.07) is 3.85. The molecule has 2 aromatic rings. The molecule has 0 radical (unpaired) electrons. The molecule has 0 unspecified atom stereocenters. The van der Waals surface area contributed by atoms with Crippen LogP contribution in [0.1, 0.15) is 27.3 Å². The Balaban J connectivity index is 1.85. The second-order valence-electron chi connectivity index (χ2n) is 5.22. The first-order valence-corrected chi connectivity index (χ1v) is 7.06. The standard InChI is InChI=1S/C16H22N4O/c1-11-10-17-6-5-15(11)18-7-8-19-16(21)14-9-12(2)20(4)13(14)3/h5-6,9-10H,7-8H2,1-4H3,(H,17,18)(H,19,21). The normalized spacial score (nSPS) is 10.5. The summed E-state index contributed by atoms with van der Waals surface area (Å²) in [7, 11) is 1.97. The maximum absolute atomic E-state index is 12.1. The molecule has 0 saturated heterocycles. The zero-order valence-corrected chi connectivity index (χ0v) is 13.0. The van der Waals surface area contributed by atoms with Crippen molar-refractivity contribution in [3.8, 4) is 0 Å². The van der Waals surface area contributed by atoms with Gasteiger partial charge in [0.2, 0.25) is 0 Å². The van der Waals surface area contributed by atoms with E-state index in [-0.39, 0.29) is 5.91 Å². The van der Waals surface area contributed by atoms with Gasteiger partial charge in [0.25, 0.3) is 5.91 Å². The lowest BCUT2D eigenvalue weighted by Gasteiger charge is -2.10. The Hall–Kier alpha value is -2.30. The lowest BCUT2D eigenvalue weighted by atomic mass is 10.2. The fourth-order valence-corrected chi connectivity index (χ4v) is 2.23. The molecule has 5 nitrogen and oxygen atoms in total. The van der Waals surface area contributed by atoms with Gasteiger partial charge in [0.05, 0.1) is 5.56 Å². The van der Waals surface area contributed by atoms with Crippen LogP contribution in [0, 0.1) is 20.8 Å². The number of aromatic nitrogens is 2. The second-order valence-corrected chi connectivity index (χ2v) is 5.22. The molecule has 0 aliphatic rings. The third-order valence-electron chi connectivity index (χ3n) is 3.77. The molecule has 0 spiro atoms. The Labute approximate surface area is 125 Å². The molecule has 21 heavy (non-hydrogen) atoms. The van der Waals surface area contributed by atoms with Gasteiger partial charge in [0.1, 0.15) is 0 Å². The Morgan fingerprint density at radius 2 is 2.05 bits per heavy atom. The number of pyridine rings is 1. The molecule has 2 heterocycles. The highest BCUT2D eigenvalue weighted by atomic mass is 16.1. The minimum atomic E-state index is -0.0237. The van der Waals surface area contributed by atoms with E-state index in [2.05, 4.69) is 15.6 Å². The highest BCUT2D eigenvalue weighted by Gasteiger charge is 2.13. The predicted octanol–water partition coefficient (Wildman–Crippen LogP) is 2.19. The molecule has 0 bridgehead atoms. The number of aryl methyl sites for hydroxylation is 2. The number of carbonyl (C=O) groups excluding carboxylic acids is 1. The third kappa shape index (κ3) is 3.42. The zero-order chi connectivity index (χ0) is 15.4. The first kappa shape index (κ1) is 15.1. The number of hydrogen-bond acceptors (Lipinski definition) is 3. The van der Waals surface area contributed by atoms with Crippen LogP contribution in [0.4, 0.5) is 5.69 Å². The lowest BCUT2D eigenvalue weighted by molar-refractivity contribution is 0.0954. The Kier molecular flexibility index (Phi) is 4.62. The molecule has 0 fully saturated rings. The molecule has 112 valence electrons. The average molecular weight is 286 g/mol. The highest BCUT2D eigenvalue weighted by molar-refractivity contribution is 5.95. The summed E-state index contributed by atoms with van der Waals surface area (Å²) < 4.78 is 2.02. The van der Waals surface area contributed by atoms with Crippen LogP contribution in [0.25, 0.3) is 0 Å². The quantitative estimate of drug-likeness (QED) is 0.828. The Morgan fingerprint density at radius 3 is 2.67 bits per heavy atom. The average Bonchev–Trinajstić information content (AvgIpc) is 2.73. The Morgan fingerprint density at radius 1 is 1.29 bits per heavy atom. The van der Waals surface area contributed by atoms with Crippen LogP contribution in [-0.2, 0) is 7.05 Å². The SMILES string of the molecule is Cc1cnccc1NCCNC(=O)c1cc(C)n(C)c1C. The van der Waals surface area contributed by atoms with Crippen molar-refractivity contribution in [2.45, 2.75) is 20.8 Å². The minimum absolute atomic E-state index is 0.0237. The number of nitrogens with zero attached hydrogens (tertiary/aromatic N) is 2. The van der Waals surface area contributed by atoms with Gasteiger partial charge in [-0.3, -0.25) is 9.78 Å². The first-order chi connectivity index (χ1) is 10.0. The summed E-state index contributed by atoms with van der Waals surface area (Å²) in [4.78, 5) is 16.2. The molecule has 0 aliphatic heterocycles. The molecular formula is C16H22N4O. The minimum Gasteiger partial charge on any atom is -0.383 e. The van der Waals surface area contributed by atoms with Gasteiger partial charge in [0.15, 0.2) is 0 Å². The molecule has 2 aromatic heterocycles. The van der Waals surface area contributed by atoms with Crippen molar-refractivity contribution in [3.63, 3.8) is 0 Å². The maximum atomic E-state index is 12.1. The molecule has 0 saturated carbocycles. The number of nitrogens with one attached hydrogen (secondary N) is 2. The van der Waals surface area contributed by atoms with Crippen molar-refractivity contribution in [2.75, 3.05) is 18.4 Å². The van der Waals surface area contributed by atoms with Crippen molar-refractivity contribution < 1.29 is 4.79 Å². The number of amides is 1. The van der Waals surface area contributed by atoms with Crippen LogP contribution in [-0.4, -0.2) is 28.5 Å². The van der Waals surface area contributed by atoms with Crippen LogP contribution < -0.4 is 10.6 Å². The van der Waals surface area contributed by atoms with E-state index in [1.807, 2.05) is 50.7 Å². The van der Waals surface area contributed by atoms with Crippen molar-refractivity contribution >= 4 is 11.6 Å². The van der Waals surface area contributed by atoms with Crippen molar-refractivity contribution in [2.24, 2.45) is 7.05 Å². The van der Waals surface area contributed by atoms with Crippen LogP contribution in [0.2, 0.25) is 0 Å². The smallest absolute Gasteiger partial charge is 0.253 e. The maximum Gasteiger partial charge on any atom is 0.253 e. The van der Waals surface area contributed by atoms with E-state index in [1.54, 1.807) is 6.20 Å². The van der Waals surface area contributed by atoms with Gasteiger partial charge in [0, 0.05) is 49.6 Å². The third-order valence-corrected chi connectivity index (χ3v) is 3.77. The summed E-state index contributed by atoms with van der Waals surface area (Å²) in [6.07, 6.45) is 3.57. The van der Waals surface area contributed by atoms with Gasteiger partial charge in [-0.05, 0) is 38.5 Å². The van der Waals surface area contributed by atoms with Gasteiger partial charge in [-0.25, -0.2) is 0 Å². The van der Waals surface area contributed by atoms with Gasteiger partial charge in [-0.15, -0.1) is 0 Å². The summed E-state index contributed by atoms with van der Waals surface area (Å²) in [5.41, 5.74) is 4.96. The summed E-state index contributed by atoms with van der Waals surface area (Å²) in [6.45, 7) is 7.22. The monoisotopic (exact) mass is 286 g/mol.